The van der Waals surface area contributed by atoms with Gasteiger partial charge in [-0.25, -0.2) is 0 Å². The van der Waals surface area contributed by atoms with Gasteiger partial charge in [0.25, 0.3) is 0 Å². The summed E-state index contributed by atoms with van der Waals surface area (Å²) in [5, 5.41) is 10.4. The van der Waals surface area contributed by atoms with Crippen molar-refractivity contribution in [1.29, 1.82) is 0 Å². The second-order valence-corrected chi connectivity index (χ2v) is 7.65. The SMILES string of the molecule is CCOc1c(Cl)cc2cc(CC)oc2c1COc1ccc(CCC(=O)O)c(C)c1C. The van der Waals surface area contributed by atoms with E-state index in [1.54, 1.807) is 0 Å². The van der Waals surface area contributed by atoms with Crippen molar-refractivity contribution in [1.82, 2.24) is 0 Å². The van der Waals surface area contributed by atoms with Crippen LogP contribution >= 0.6 is 11.6 Å². The molecule has 30 heavy (non-hydrogen) atoms. The van der Waals surface area contributed by atoms with Crippen LogP contribution in [0.5, 0.6) is 11.5 Å². The molecule has 0 spiro atoms. The summed E-state index contributed by atoms with van der Waals surface area (Å²) in [6.07, 6.45) is 1.39. The number of carboxylic acids is 1. The highest BCUT2D eigenvalue weighted by atomic mass is 35.5. The number of hydrogen-bond donors (Lipinski definition) is 1. The van der Waals surface area contributed by atoms with Crippen molar-refractivity contribution in [2.75, 3.05) is 6.61 Å². The van der Waals surface area contributed by atoms with E-state index in [1.165, 1.54) is 0 Å². The van der Waals surface area contributed by atoms with Gasteiger partial charge in [-0.2, -0.15) is 0 Å². The average molecular weight is 431 g/mol. The van der Waals surface area contributed by atoms with Crippen LogP contribution in [0.25, 0.3) is 11.0 Å². The molecule has 0 aliphatic heterocycles. The van der Waals surface area contributed by atoms with E-state index in [9.17, 15) is 4.79 Å². The van der Waals surface area contributed by atoms with E-state index < -0.39 is 5.97 Å². The minimum absolute atomic E-state index is 0.108. The third-order valence-corrected chi connectivity index (χ3v) is 5.61. The van der Waals surface area contributed by atoms with Gasteiger partial charge < -0.3 is 19.0 Å². The quantitative estimate of drug-likeness (QED) is 0.433. The number of carboxylic acid groups (broad SMARTS) is 1. The topological polar surface area (TPSA) is 68.9 Å². The smallest absolute Gasteiger partial charge is 0.303 e. The van der Waals surface area contributed by atoms with Gasteiger partial charge in [0.1, 0.15) is 29.4 Å². The van der Waals surface area contributed by atoms with Crippen LogP contribution in [0.3, 0.4) is 0 Å². The predicted octanol–water partition coefficient (Wildman–Crippen LogP) is 6.26. The molecule has 1 N–H and O–H groups in total. The first-order valence-corrected chi connectivity index (χ1v) is 10.5. The molecule has 0 bridgehead atoms. The fourth-order valence-electron chi connectivity index (χ4n) is 3.53. The molecule has 0 unspecified atom stereocenters. The van der Waals surface area contributed by atoms with Gasteiger partial charge in [0.05, 0.1) is 17.2 Å². The van der Waals surface area contributed by atoms with Gasteiger partial charge in [-0.15, -0.1) is 0 Å². The number of carbonyl (C=O) groups is 1. The van der Waals surface area contributed by atoms with Crippen LogP contribution in [-0.4, -0.2) is 17.7 Å². The Bertz CT molecular complexity index is 1070. The van der Waals surface area contributed by atoms with Gasteiger partial charge >= 0.3 is 5.97 Å². The van der Waals surface area contributed by atoms with Gasteiger partial charge in [-0.1, -0.05) is 24.6 Å². The molecule has 160 valence electrons. The Balaban J connectivity index is 1.93. The van der Waals surface area contributed by atoms with Crippen molar-refractivity contribution < 1.29 is 23.8 Å². The first kappa shape index (κ1) is 22.0. The molecule has 1 aromatic heterocycles. The van der Waals surface area contributed by atoms with Crippen molar-refractivity contribution in [3.05, 3.63) is 57.3 Å². The maximum absolute atomic E-state index is 10.9. The predicted molar refractivity (Wildman–Crippen MR) is 118 cm³/mol. The van der Waals surface area contributed by atoms with Crippen LogP contribution in [-0.2, 0) is 24.2 Å². The van der Waals surface area contributed by atoms with E-state index in [1.807, 2.05) is 52.0 Å². The fourth-order valence-corrected chi connectivity index (χ4v) is 3.81. The molecule has 0 saturated heterocycles. The van der Waals surface area contributed by atoms with Crippen molar-refractivity contribution in [3.8, 4) is 11.5 Å². The standard InChI is InChI=1S/C24H27ClO5/c1-5-18-11-17-12-20(25)24(28-6-2)19(23(17)30-18)13-29-21-9-7-16(8-10-22(26)27)14(3)15(21)4/h7,9,11-12H,5-6,8,10,13H2,1-4H3,(H,26,27). The van der Waals surface area contributed by atoms with Crippen molar-refractivity contribution in [2.45, 2.75) is 53.6 Å². The highest BCUT2D eigenvalue weighted by molar-refractivity contribution is 6.33. The van der Waals surface area contributed by atoms with Crippen LogP contribution in [0.1, 0.15) is 48.3 Å². The molecule has 1 heterocycles. The Morgan fingerprint density at radius 3 is 2.57 bits per heavy atom. The Labute approximate surface area is 181 Å². The monoisotopic (exact) mass is 430 g/mol. The minimum Gasteiger partial charge on any atom is -0.492 e. The normalized spacial score (nSPS) is 11.1. The maximum Gasteiger partial charge on any atom is 0.303 e. The molecule has 5 nitrogen and oxygen atoms in total. The molecule has 0 saturated carbocycles. The molecule has 2 aromatic carbocycles. The van der Waals surface area contributed by atoms with Gasteiger partial charge in [-0.3, -0.25) is 4.79 Å². The highest BCUT2D eigenvalue weighted by Crippen LogP contribution is 2.38. The number of rotatable bonds is 9. The summed E-state index contributed by atoms with van der Waals surface area (Å²) in [5.41, 5.74) is 4.56. The first-order chi connectivity index (χ1) is 14.3. The fraction of sp³-hybridized carbons (Fsp3) is 0.375. The van der Waals surface area contributed by atoms with E-state index in [2.05, 4.69) is 0 Å². The van der Waals surface area contributed by atoms with Crippen molar-refractivity contribution >= 4 is 28.5 Å². The Morgan fingerprint density at radius 2 is 1.90 bits per heavy atom. The van der Waals surface area contributed by atoms with E-state index in [4.69, 9.17) is 30.6 Å². The lowest BCUT2D eigenvalue weighted by Crippen LogP contribution is -2.05. The lowest BCUT2D eigenvalue weighted by atomic mass is 9.99. The van der Waals surface area contributed by atoms with Crippen LogP contribution < -0.4 is 9.47 Å². The molecule has 0 atom stereocenters. The Morgan fingerprint density at radius 1 is 1.13 bits per heavy atom. The molecule has 0 aliphatic rings. The molecular weight excluding hydrogens is 404 g/mol. The first-order valence-electron chi connectivity index (χ1n) is 10.2. The summed E-state index contributed by atoms with van der Waals surface area (Å²) in [5.74, 6) is 1.40. The number of halogens is 1. The van der Waals surface area contributed by atoms with Gasteiger partial charge in [0.2, 0.25) is 0 Å². The van der Waals surface area contributed by atoms with Gasteiger partial charge in [0, 0.05) is 18.2 Å². The van der Waals surface area contributed by atoms with E-state index in [0.29, 0.717) is 23.8 Å². The lowest BCUT2D eigenvalue weighted by Gasteiger charge is -2.17. The lowest BCUT2D eigenvalue weighted by molar-refractivity contribution is -0.136. The summed E-state index contributed by atoms with van der Waals surface area (Å²) in [4.78, 5) is 10.9. The second kappa shape index (κ2) is 9.43. The van der Waals surface area contributed by atoms with Crippen LogP contribution in [0.4, 0.5) is 0 Å². The number of aliphatic carboxylic acids is 1. The molecule has 0 fully saturated rings. The average Bonchev–Trinajstić information content (AvgIpc) is 3.12. The van der Waals surface area contributed by atoms with Crippen LogP contribution in [0.2, 0.25) is 5.02 Å². The van der Waals surface area contributed by atoms with Gasteiger partial charge in [-0.05, 0) is 62.1 Å². The number of aryl methyl sites for hydroxylation is 2. The van der Waals surface area contributed by atoms with Crippen LogP contribution in [0, 0.1) is 13.8 Å². The molecule has 0 aliphatic carbocycles. The number of furan rings is 1. The Kier molecular flexibility index (Phi) is 6.93. The highest BCUT2D eigenvalue weighted by Gasteiger charge is 2.19. The largest absolute Gasteiger partial charge is 0.492 e. The zero-order chi connectivity index (χ0) is 21.8. The number of benzene rings is 2. The zero-order valence-corrected chi connectivity index (χ0v) is 18.6. The molecule has 3 aromatic rings. The van der Waals surface area contributed by atoms with E-state index in [-0.39, 0.29) is 13.0 Å². The minimum atomic E-state index is -0.800. The Hall–Kier alpha value is -2.66. The van der Waals surface area contributed by atoms with E-state index >= 15 is 0 Å². The third-order valence-electron chi connectivity index (χ3n) is 5.33. The number of fused-ring (bicyclic) bond motifs is 1. The summed E-state index contributed by atoms with van der Waals surface area (Å²) in [6, 6.07) is 7.68. The summed E-state index contributed by atoms with van der Waals surface area (Å²) in [7, 11) is 0. The zero-order valence-electron chi connectivity index (χ0n) is 17.8. The molecule has 6 heteroatoms. The second-order valence-electron chi connectivity index (χ2n) is 7.24. The summed E-state index contributed by atoms with van der Waals surface area (Å²) < 4.78 is 18.0. The van der Waals surface area contributed by atoms with Crippen molar-refractivity contribution in [3.63, 3.8) is 0 Å². The molecule has 3 rings (SSSR count). The van der Waals surface area contributed by atoms with Gasteiger partial charge in [0.15, 0.2) is 0 Å². The third kappa shape index (κ3) is 4.57. The molecule has 0 amide bonds. The summed E-state index contributed by atoms with van der Waals surface area (Å²) >= 11 is 6.49. The number of ether oxygens (including phenoxy) is 2. The van der Waals surface area contributed by atoms with Crippen molar-refractivity contribution in [2.24, 2.45) is 0 Å². The molecular formula is C24H27ClO5. The summed E-state index contributed by atoms with van der Waals surface area (Å²) in [6.45, 7) is 8.65. The van der Waals surface area contributed by atoms with E-state index in [0.717, 1.165) is 51.2 Å². The number of hydrogen-bond acceptors (Lipinski definition) is 4. The maximum atomic E-state index is 10.9. The van der Waals surface area contributed by atoms with Crippen LogP contribution in [0.15, 0.2) is 28.7 Å². The molecule has 0 radical (unpaired) electrons.